The van der Waals surface area contributed by atoms with E-state index in [1.54, 1.807) is 0 Å². The van der Waals surface area contributed by atoms with Gasteiger partial charge in [-0.1, -0.05) is 71.1 Å². The smallest absolute Gasteiger partial charge is 0.0235 e. The first-order chi connectivity index (χ1) is 8.38. The van der Waals surface area contributed by atoms with Gasteiger partial charge in [0.05, 0.1) is 0 Å². The largest absolute Gasteiger partial charge is 0.0654 e. The van der Waals surface area contributed by atoms with Crippen LogP contribution < -0.4 is 0 Å². The van der Waals surface area contributed by atoms with Crippen LogP contribution in [0.3, 0.4) is 0 Å². The van der Waals surface area contributed by atoms with Gasteiger partial charge in [0.15, 0.2) is 0 Å². The van der Waals surface area contributed by atoms with Crippen LogP contribution in [0.5, 0.6) is 0 Å². The average Bonchev–Trinajstić information content (AvgIpc) is 2.31. The fourth-order valence-corrected chi connectivity index (χ4v) is 3.62. The van der Waals surface area contributed by atoms with E-state index in [2.05, 4.69) is 6.92 Å². The molecule has 0 nitrogen and oxygen atoms in total. The Balaban J connectivity index is 1.71. The van der Waals surface area contributed by atoms with Crippen molar-refractivity contribution in [3.05, 3.63) is 5.92 Å². The molecule has 17 heavy (non-hydrogen) atoms. The van der Waals surface area contributed by atoms with Crippen LogP contribution in [0.2, 0.25) is 0 Å². The van der Waals surface area contributed by atoms with Gasteiger partial charge in [-0.15, -0.1) is 0 Å². The number of unbranched alkanes of at least 4 members (excludes halogenated alkanes) is 1. The Morgan fingerprint density at radius 3 is 1.88 bits per heavy atom. The Bertz CT molecular complexity index is 186. The Morgan fingerprint density at radius 1 is 0.824 bits per heavy atom. The predicted octanol–water partition coefficient (Wildman–Crippen LogP) is 5.91. The van der Waals surface area contributed by atoms with Crippen LogP contribution >= 0.6 is 0 Å². The standard InChI is InChI=1S/C17H31/c1-2-3-8-17(14-16-11-7-12-16)13-15-9-5-4-6-10-15/h15-16H,2-14H2,1H3. The molecule has 0 heterocycles. The first-order valence-electron chi connectivity index (χ1n) is 8.22. The summed E-state index contributed by atoms with van der Waals surface area (Å²) >= 11 is 0. The molecule has 0 spiro atoms. The van der Waals surface area contributed by atoms with Crippen LogP contribution in [-0.4, -0.2) is 0 Å². The molecule has 0 unspecified atom stereocenters. The van der Waals surface area contributed by atoms with E-state index < -0.39 is 0 Å². The monoisotopic (exact) mass is 235 g/mol. The van der Waals surface area contributed by atoms with E-state index in [4.69, 9.17) is 0 Å². The first-order valence-corrected chi connectivity index (χ1v) is 8.22. The normalized spacial score (nSPS) is 22.9. The number of hydrogen-bond donors (Lipinski definition) is 0. The molecular formula is C17H31. The van der Waals surface area contributed by atoms with E-state index in [-0.39, 0.29) is 0 Å². The molecule has 2 saturated carbocycles. The van der Waals surface area contributed by atoms with Crippen molar-refractivity contribution in [3.63, 3.8) is 0 Å². The van der Waals surface area contributed by atoms with E-state index in [9.17, 15) is 0 Å². The highest BCUT2D eigenvalue weighted by atomic mass is 14.3. The number of hydrogen-bond acceptors (Lipinski definition) is 0. The Hall–Kier alpha value is 0. The van der Waals surface area contributed by atoms with E-state index in [1.165, 1.54) is 83.5 Å². The number of rotatable bonds is 7. The van der Waals surface area contributed by atoms with Crippen LogP contribution in [0.4, 0.5) is 0 Å². The van der Waals surface area contributed by atoms with Gasteiger partial charge in [0, 0.05) is 0 Å². The minimum atomic E-state index is 1.07. The average molecular weight is 235 g/mol. The molecule has 99 valence electrons. The molecule has 0 aromatic carbocycles. The summed E-state index contributed by atoms with van der Waals surface area (Å²) in [6.45, 7) is 2.33. The lowest BCUT2D eigenvalue weighted by Gasteiger charge is -2.32. The summed E-state index contributed by atoms with van der Waals surface area (Å²) in [4.78, 5) is 0. The Kier molecular flexibility index (Phi) is 5.88. The zero-order valence-corrected chi connectivity index (χ0v) is 11.8. The highest BCUT2D eigenvalue weighted by Crippen LogP contribution is 2.39. The third-order valence-corrected chi connectivity index (χ3v) is 4.99. The summed E-state index contributed by atoms with van der Waals surface area (Å²) in [5.74, 6) is 4.10. The van der Waals surface area contributed by atoms with Crippen molar-refractivity contribution in [1.82, 2.24) is 0 Å². The van der Waals surface area contributed by atoms with Crippen molar-refractivity contribution in [3.8, 4) is 0 Å². The Labute approximate surface area is 109 Å². The summed E-state index contributed by atoms with van der Waals surface area (Å²) in [6, 6.07) is 0. The molecule has 2 fully saturated rings. The topological polar surface area (TPSA) is 0 Å². The first kappa shape index (κ1) is 13.4. The van der Waals surface area contributed by atoms with Gasteiger partial charge >= 0.3 is 0 Å². The fourth-order valence-electron chi connectivity index (χ4n) is 3.62. The SMILES string of the molecule is CCCC[C](CC1CCCCC1)CC1CCC1. The van der Waals surface area contributed by atoms with Gasteiger partial charge in [0.2, 0.25) is 0 Å². The maximum atomic E-state index is 2.33. The van der Waals surface area contributed by atoms with E-state index in [0.717, 1.165) is 11.8 Å². The lowest BCUT2D eigenvalue weighted by molar-refractivity contribution is 0.272. The predicted molar refractivity (Wildman–Crippen MR) is 75.9 cm³/mol. The maximum Gasteiger partial charge on any atom is -0.0235 e. The van der Waals surface area contributed by atoms with Crippen molar-refractivity contribution in [2.75, 3.05) is 0 Å². The van der Waals surface area contributed by atoms with Crippen LogP contribution in [0.1, 0.15) is 90.4 Å². The highest BCUT2D eigenvalue weighted by Gasteiger charge is 2.25. The van der Waals surface area contributed by atoms with E-state index >= 15 is 0 Å². The summed E-state index contributed by atoms with van der Waals surface area (Å²) in [6.07, 6.45) is 19.4. The van der Waals surface area contributed by atoms with Crippen molar-refractivity contribution in [2.24, 2.45) is 11.8 Å². The molecule has 1 radical (unpaired) electrons. The molecule has 0 aliphatic heterocycles. The molecule has 2 aliphatic rings. The Morgan fingerprint density at radius 2 is 1.41 bits per heavy atom. The highest BCUT2D eigenvalue weighted by molar-refractivity contribution is 4.95. The summed E-state index contributed by atoms with van der Waals surface area (Å²) in [7, 11) is 0. The van der Waals surface area contributed by atoms with Crippen molar-refractivity contribution >= 4 is 0 Å². The molecule has 2 aliphatic carbocycles. The minimum absolute atomic E-state index is 1.07. The third-order valence-electron chi connectivity index (χ3n) is 4.99. The van der Waals surface area contributed by atoms with Gasteiger partial charge in [-0.25, -0.2) is 0 Å². The van der Waals surface area contributed by atoms with Gasteiger partial charge < -0.3 is 0 Å². The second kappa shape index (κ2) is 7.44. The molecular weight excluding hydrogens is 204 g/mol. The summed E-state index contributed by atoms with van der Waals surface area (Å²) in [5, 5.41) is 0. The summed E-state index contributed by atoms with van der Waals surface area (Å²) in [5.41, 5.74) is 0. The molecule has 0 bridgehead atoms. The summed E-state index contributed by atoms with van der Waals surface area (Å²) < 4.78 is 0. The van der Waals surface area contributed by atoms with Crippen LogP contribution in [0, 0.1) is 17.8 Å². The van der Waals surface area contributed by atoms with Crippen molar-refractivity contribution in [1.29, 1.82) is 0 Å². The van der Waals surface area contributed by atoms with E-state index in [1.807, 2.05) is 5.92 Å². The van der Waals surface area contributed by atoms with Crippen molar-refractivity contribution in [2.45, 2.75) is 90.4 Å². The molecule has 0 amide bonds. The molecule has 0 aromatic heterocycles. The lowest BCUT2D eigenvalue weighted by atomic mass is 9.73. The zero-order chi connectivity index (χ0) is 11.9. The van der Waals surface area contributed by atoms with Gasteiger partial charge in [0.25, 0.3) is 0 Å². The fraction of sp³-hybridized carbons (Fsp3) is 0.941. The quantitative estimate of drug-likeness (QED) is 0.514. The van der Waals surface area contributed by atoms with Crippen molar-refractivity contribution < 1.29 is 0 Å². The molecule has 0 atom stereocenters. The second-order valence-electron chi connectivity index (χ2n) is 6.56. The van der Waals surface area contributed by atoms with Crippen LogP contribution in [0.15, 0.2) is 0 Å². The molecule has 0 saturated heterocycles. The van der Waals surface area contributed by atoms with Gasteiger partial charge in [0.1, 0.15) is 0 Å². The maximum absolute atomic E-state index is 2.33. The molecule has 2 rings (SSSR count). The zero-order valence-electron chi connectivity index (χ0n) is 11.8. The third kappa shape index (κ3) is 4.64. The van der Waals surface area contributed by atoms with Gasteiger partial charge in [-0.3, -0.25) is 0 Å². The lowest BCUT2D eigenvalue weighted by Crippen LogP contribution is -2.18. The molecule has 0 heteroatoms. The second-order valence-corrected chi connectivity index (χ2v) is 6.56. The van der Waals surface area contributed by atoms with E-state index in [0.29, 0.717) is 0 Å². The molecule has 0 N–H and O–H groups in total. The minimum Gasteiger partial charge on any atom is -0.0654 e. The van der Waals surface area contributed by atoms with Gasteiger partial charge in [-0.2, -0.15) is 0 Å². The van der Waals surface area contributed by atoms with Crippen LogP contribution in [-0.2, 0) is 0 Å². The van der Waals surface area contributed by atoms with Crippen LogP contribution in [0.25, 0.3) is 0 Å². The molecule has 0 aromatic rings. The van der Waals surface area contributed by atoms with Gasteiger partial charge in [-0.05, 0) is 37.0 Å².